The lowest BCUT2D eigenvalue weighted by Crippen LogP contribution is -2.52. The fourth-order valence-corrected chi connectivity index (χ4v) is 3.23. The minimum atomic E-state index is -0.0623. The summed E-state index contributed by atoms with van der Waals surface area (Å²) in [5.74, 6) is 1.33. The minimum absolute atomic E-state index is 0.0623. The number of nitrogens with zero attached hydrogens (tertiary/aromatic N) is 3. The van der Waals surface area contributed by atoms with Gasteiger partial charge in [0.15, 0.2) is 0 Å². The molecule has 122 valence electrons. The monoisotopic (exact) mass is 340 g/mol. The Balaban J connectivity index is 1.29. The summed E-state index contributed by atoms with van der Waals surface area (Å²) in [6, 6.07) is 11.8. The molecule has 1 saturated heterocycles. The first-order valence-corrected chi connectivity index (χ1v) is 8.67. The second-order valence-electron chi connectivity index (χ2n) is 5.71. The van der Waals surface area contributed by atoms with E-state index in [1.165, 1.54) is 0 Å². The molecule has 3 aromatic rings. The van der Waals surface area contributed by atoms with Crippen molar-refractivity contribution in [3.63, 3.8) is 0 Å². The number of thiophene rings is 1. The second-order valence-corrected chi connectivity index (χ2v) is 6.49. The molecule has 1 aliphatic rings. The van der Waals surface area contributed by atoms with Gasteiger partial charge < -0.3 is 14.7 Å². The van der Waals surface area contributed by atoms with E-state index in [4.69, 9.17) is 4.52 Å². The maximum atomic E-state index is 12.1. The molecule has 0 bridgehead atoms. The van der Waals surface area contributed by atoms with Crippen molar-refractivity contribution in [3.05, 3.63) is 58.6 Å². The van der Waals surface area contributed by atoms with Crippen molar-refractivity contribution in [3.8, 4) is 11.4 Å². The van der Waals surface area contributed by atoms with Gasteiger partial charge in [0, 0.05) is 30.6 Å². The highest BCUT2D eigenvalue weighted by Gasteiger charge is 2.35. The van der Waals surface area contributed by atoms with Crippen molar-refractivity contribution >= 4 is 17.4 Å². The van der Waals surface area contributed by atoms with Crippen LogP contribution < -0.4 is 5.32 Å². The molecule has 2 amide bonds. The molecule has 24 heavy (non-hydrogen) atoms. The molecule has 4 rings (SSSR count). The molecule has 1 aliphatic heterocycles. The zero-order valence-electron chi connectivity index (χ0n) is 12.9. The SMILES string of the molecule is O=C(NCc1ccccc1)N1CC(c2nc(-c3ccsc3)no2)C1. The van der Waals surface area contributed by atoms with Crippen molar-refractivity contribution in [1.82, 2.24) is 20.4 Å². The molecular weight excluding hydrogens is 324 g/mol. The molecule has 7 heteroatoms. The van der Waals surface area contributed by atoms with Crippen LogP contribution in [0.15, 0.2) is 51.7 Å². The van der Waals surface area contributed by atoms with E-state index in [0.717, 1.165) is 11.1 Å². The van der Waals surface area contributed by atoms with Gasteiger partial charge in [0.1, 0.15) is 0 Å². The van der Waals surface area contributed by atoms with Gasteiger partial charge in [0.2, 0.25) is 11.7 Å². The van der Waals surface area contributed by atoms with Crippen LogP contribution in [-0.2, 0) is 6.54 Å². The lowest BCUT2D eigenvalue weighted by Gasteiger charge is -2.36. The zero-order valence-corrected chi connectivity index (χ0v) is 13.7. The molecule has 1 N–H and O–H groups in total. The molecule has 2 aromatic heterocycles. The molecule has 6 nitrogen and oxygen atoms in total. The van der Waals surface area contributed by atoms with Gasteiger partial charge in [0.05, 0.1) is 5.92 Å². The third-order valence-electron chi connectivity index (χ3n) is 4.03. The van der Waals surface area contributed by atoms with E-state index in [9.17, 15) is 4.79 Å². The summed E-state index contributed by atoms with van der Waals surface area (Å²) < 4.78 is 5.33. The largest absolute Gasteiger partial charge is 0.339 e. The Morgan fingerprint density at radius 1 is 1.29 bits per heavy atom. The number of carbonyl (C=O) groups excluding carboxylic acids is 1. The van der Waals surface area contributed by atoms with Gasteiger partial charge >= 0.3 is 6.03 Å². The predicted octanol–water partition coefficient (Wildman–Crippen LogP) is 3.11. The van der Waals surface area contributed by atoms with Crippen LogP contribution in [0.25, 0.3) is 11.4 Å². The number of amides is 2. The summed E-state index contributed by atoms with van der Waals surface area (Å²) in [4.78, 5) is 18.3. The summed E-state index contributed by atoms with van der Waals surface area (Å²) in [7, 11) is 0. The molecule has 0 atom stereocenters. The highest BCUT2D eigenvalue weighted by atomic mass is 32.1. The number of nitrogens with one attached hydrogen (secondary N) is 1. The van der Waals surface area contributed by atoms with Crippen LogP contribution in [-0.4, -0.2) is 34.2 Å². The fraction of sp³-hybridized carbons (Fsp3) is 0.235. The van der Waals surface area contributed by atoms with Gasteiger partial charge in [-0.1, -0.05) is 35.5 Å². The summed E-state index contributed by atoms with van der Waals surface area (Å²) in [5, 5.41) is 10.9. The first-order chi connectivity index (χ1) is 11.8. The normalized spacial score (nSPS) is 14.4. The van der Waals surface area contributed by atoms with Crippen molar-refractivity contribution < 1.29 is 9.32 Å². The average Bonchev–Trinajstić information content (AvgIpc) is 3.24. The smallest absolute Gasteiger partial charge is 0.317 e. The molecule has 0 spiro atoms. The lowest BCUT2D eigenvalue weighted by atomic mass is 10.0. The number of carbonyl (C=O) groups is 1. The third kappa shape index (κ3) is 3.03. The molecule has 0 radical (unpaired) electrons. The van der Waals surface area contributed by atoms with Crippen LogP contribution >= 0.6 is 11.3 Å². The van der Waals surface area contributed by atoms with E-state index >= 15 is 0 Å². The first-order valence-electron chi connectivity index (χ1n) is 7.72. The Kier molecular flexibility index (Phi) is 4.00. The quantitative estimate of drug-likeness (QED) is 0.792. The number of aromatic nitrogens is 2. The maximum absolute atomic E-state index is 12.1. The van der Waals surface area contributed by atoms with Gasteiger partial charge in [-0.05, 0) is 17.0 Å². The maximum Gasteiger partial charge on any atom is 0.317 e. The second kappa shape index (κ2) is 6.45. The summed E-state index contributed by atoms with van der Waals surface area (Å²) in [5.41, 5.74) is 2.05. The molecule has 0 aliphatic carbocycles. The van der Waals surface area contributed by atoms with Crippen LogP contribution in [0.1, 0.15) is 17.4 Å². The Hall–Kier alpha value is -2.67. The van der Waals surface area contributed by atoms with Crippen molar-refractivity contribution in [2.45, 2.75) is 12.5 Å². The third-order valence-corrected chi connectivity index (χ3v) is 4.71. The fourth-order valence-electron chi connectivity index (χ4n) is 2.60. The highest BCUT2D eigenvalue weighted by Crippen LogP contribution is 2.28. The van der Waals surface area contributed by atoms with E-state index in [-0.39, 0.29) is 11.9 Å². The molecule has 1 fully saturated rings. The average molecular weight is 340 g/mol. The van der Waals surface area contributed by atoms with E-state index in [2.05, 4.69) is 15.5 Å². The Labute approximate surface area is 143 Å². The highest BCUT2D eigenvalue weighted by molar-refractivity contribution is 7.08. The van der Waals surface area contributed by atoms with Gasteiger partial charge in [-0.25, -0.2) is 4.79 Å². The van der Waals surface area contributed by atoms with Crippen LogP contribution in [0.5, 0.6) is 0 Å². The van der Waals surface area contributed by atoms with Crippen LogP contribution in [0.2, 0.25) is 0 Å². The summed E-state index contributed by atoms with van der Waals surface area (Å²) in [6.07, 6.45) is 0. The van der Waals surface area contributed by atoms with Crippen molar-refractivity contribution in [1.29, 1.82) is 0 Å². The molecular formula is C17H16N4O2S. The Morgan fingerprint density at radius 3 is 2.88 bits per heavy atom. The van der Waals surface area contributed by atoms with Crippen molar-refractivity contribution in [2.75, 3.05) is 13.1 Å². The Morgan fingerprint density at radius 2 is 2.12 bits per heavy atom. The van der Waals surface area contributed by atoms with Gasteiger partial charge in [-0.15, -0.1) is 0 Å². The lowest BCUT2D eigenvalue weighted by molar-refractivity contribution is 0.136. The molecule has 3 heterocycles. The summed E-state index contributed by atoms with van der Waals surface area (Å²) in [6.45, 7) is 1.74. The van der Waals surface area contributed by atoms with E-state index in [0.29, 0.717) is 31.3 Å². The predicted molar refractivity (Wildman–Crippen MR) is 90.6 cm³/mol. The minimum Gasteiger partial charge on any atom is -0.339 e. The molecule has 1 aromatic carbocycles. The van der Waals surface area contributed by atoms with Crippen LogP contribution in [0, 0.1) is 0 Å². The number of benzene rings is 1. The zero-order chi connectivity index (χ0) is 16.4. The standard InChI is InChI=1S/C17H16N4O2S/c22-17(18-8-12-4-2-1-3-5-12)21-9-14(10-21)16-19-15(20-23-16)13-6-7-24-11-13/h1-7,11,14H,8-10H2,(H,18,22). The van der Waals surface area contributed by atoms with Crippen LogP contribution in [0.3, 0.4) is 0 Å². The number of hydrogen-bond donors (Lipinski definition) is 1. The van der Waals surface area contributed by atoms with E-state index in [1.54, 1.807) is 16.2 Å². The topological polar surface area (TPSA) is 71.3 Å². The Bertz CT molecular complexity index is 810. The number of hydrogen-bond acceptors (Lipinski definition) is 5. The molecule has 0 saturated carbocycles. The van der Waals surface area contributed by atoms with Gasteiger partial charge in [-0.2, -0.15) is 16.3 Å². The van der Waals surface area contributed by atoms with Gasteiger partial charge in [-0.3, -0.25) is 0 Å². The van der Waals surface area contributed by atoms with Gasteiger partial charge in [0.25, 0.3) is 0 Å². The number of likely N-dealkylation sites (tertiary alicyclic amines) is 1. The van der Waals surface area contributed by atoms with Crippen LogP contribution in [0.4, 0.5) is 4.79 Å². The van der Waals surface area contributed by atoms with Crippen molar-refractivity contribution in [2.24, 2.45) is 0 Å². The first kappa shape index (κ1) is 14.9. The molecule has 0 unspecified atom stereocenters. The number of rotatable bonds is 4. The van der Waals surface area contributed by atoms with E-state index < -0.39 is 0 Å². The van der Waals surface area contributed by atoms with E-state index in [1.807, 2.05) is 47.2 Å². The summed E-state index contributed by atoms with van der Waals surface area (Å²) >= 11 is 1.60. The number of urea groups is 1.